The fourth-order valence-corrected chi connectivity index (χ4v) is 2.47. The average Bonchev–Trinajstić information content (AvgIpc) is 3.15. The fourth-order valence-electron chi connectivity index (χ4n) is 2.47. The molecule has 0 amide bonds. The summed E-state index contributed by atoms with van der Waals surface area (Å²) in [6.45, 7) is 0.442. The molecule has 7 heteroatoms. The first-order valence-corrected chi connectivity index (χ1v) is 6.56. The third kappa shape index (κ3) is 1.91. The van der Waals surface area contributed by atoms with E-state index in [2.05, 4.69) is 30.5 Å². The van der Waals surface area contributed by atoms with Crippen LogP contribution in [-0.4, -0.2) is 25.1 Å². The molecule has 1 aromatic carbocycles. The van der Waals surface area contributed by atoms with Gasteiger partial charge in [-0.15, -0.1) is 0 Å². The van der Waals surface area contributed by atoms with Crippen molar-refractivity contribution in [1.82, 2.24) is 25.1 Å². The van der Waals surface area contributed by atoms with E-state index in [0.717, 1.165) is 39.0 Å². The number of hydrogen-bond donors (Lipinski definition) is 4. The van der Waals surface area contributed by atoms with Gasteiger partial charge in [0.2, 0.25) is 0 Å². The zero-order valence-electron chi connectivity index (χ0n) is 11.1. The second-order valence-electron chi connectivity index (χ2n) is 4.76. The van der Waals surface area contributed by atoms with Crippen LogP contribution in [-0.2, 0) is 6.54 Å². The Labute approximate surface area is 119 Å². The lowest BCUT2D eigenvalue weighted by Gasteiger charge is -2.09. The highest BCUT2D eigenvalue weighted by Crippen LogP contribution is 2.26. The van der Waals surface area contributed by atoms with Crippen molar-refractivity contribution in [3.63, 3.8) is 0 Å². The lowest BCUT2D eigenvalue weighted by molar-refractivity contribution is 1.06. The second kappa shape index (κ2) is 4.57. The van der Waals surface area contributed by atoms with Crippen LogP contribution in [0.15, 0.2) is 36.9 Å². The van der Waals surface area contributed by atoms with Crippen LogP contribution in [0, 0.1) is 0 Å². The maximum absolute atomic E-state index is 5.81. The molecule has 0 aliphatic carbocycles. The summed E-state index contributed by atoms with van der Waals surface area (Å²) in [6.07, 6.45) is 5.15. The molecule has 0 spiro atoms. The summed E-state index contributed by atoms with van der Waals surface area (Å²) in [4.78, 5) is 11.5. The van der Waals surface area contributed by atoms with Crippen molar-refractivity contribution in [2.45, 2.75) is 6.54 Å². The quantitative estimate of drug-likeness (QED) is 0.459. The molecule has 3 aromatic heterocycles. The van der Waals surface area contributed by atoms with Gasteiger partial charge in [-0.1, -0.05) is 0 Å². The summed E-state index contributed by atoms with van der Waals surface area (Å²) in [5, 5.41) is 12.3. The smallest absolute Gasteiger partial charge is 0.143 e. The molecule has 0 aliphatic rings. The van der Waals surface area contributed by atoms with Crippen molar-refractivity contribution in [3.05, 3.63) is 42.5 Å². The maximum atomic E-state index is 5.81. The molecule has 0 atom stereocenters. The summed E-state index contributed by atoms with van der Waals surface area (Å²) >= 11 is 0. The summed E-state index contributed by atoms with van der Waals surface area (Å²) in [5.41, 5.74) is 9.51. The molecule has 0 radical (unpaired) electrons. The Balaban J connectivity index is 1.82. The van der Waals surface area contributed by atoms with Crippen molar-refractivity contribution in [1.29, 1.82) is 0 Å². The highest BCUT2D eigenvalue weighted by molar-refractivity contribution is 5.91. The molecular weight excluding hydrogens is 266 g/mol. The standard InChI is InChI=1S/C14H13N7/c15-5-8-3-10(4-9-6-19-21-12(8)9)20-14-11-1-2-16-13(11)17-7-18-14/h1-4,6-7H,5,15H2,(H,19,21)(H2,16,17,18,20). The zero-order valence-corrected chi connectivity index (χ0v) is 11.1. The Bertz CT molecular complexity index is 921. The van der Waals surface area contributed by atoms with Crippen LogP contribution in [0.1, 0.15) is 5.56 Å². The van der Waals surface area contributed by atoms with Gasteiger partial charge in [-0.05, 0) is 23.8 Å². The van der Waals surface area contributed by atoms with E-state index in [-0.39, 0.29) is 0 Å². The number of aromatic nitrogens is 5. The predicted octanol–water partition coefficient (Wildman–Crippen LogP) is 2.04. The Morgan fingerprint density at radius 1 is 1.24 bits per heavy atom. The highest BCUT2D eigenvalue weighted by Gasteiger charge is 2.08. The van der Waals surface area contributed by atoms with Crippen LogP contribution in [0.3, 0.4) is 0 Å². The number of aromatic amines is 2. The number of H-pyrrole nitrogens is 2. The normalized spacial score (nSPS) is 11.3. The molecule has 0 fully saturated rings. The summed E-state index contributed by atoms with van der Waals surface area (Å²) < 4.78 is 0. The lowest BCUT2D eigenvalue weighted by atomic mass is 10.1. The Hall–Kier alpha value is -2.93. The summed E-state index contributed by atoms with van der Waals surface area (Å²) in [6, 6.07) is 5.96. The number of benzene rings is 1. The highest BCUT2D eigenvalue weighted by atomic mass is 15.1. The van der Waals surface area contributed by atoms with Crippen LogP contribution in [0.5, 0.6) is 0 Å². The fraction of sp³-hybridized carbons (Fsp3) is 0.0714. The molecule has 4 aromatic rings. The van der Waals surface area contributed by atoms with E-state index in [1.165, 1.54) is 6.33 Å². The second-order valence-corrected chi connectivity index (χ2v) is 4.76. The molecule has 104 valence electrons. The van der Waals surface area contributed by atoms with E-state index in [4.69, 9.17) is 5.73 Å². The van der Waals surface area contributed by atoms with Gasteiger partial charge in [0.15, 0.2) is 0 Å². The molecule has 3 heterocycles. The zero-order chi connectivity index (χ0) is 14.2. The van der Waals surface area contributed by atoms with Gasteiger partial charge in [-0.25, -0.2) is 9.97 Å². The van der Waals surface area contributed by atoms with E-state index < -0.39 is 0 Å². The van der Waals surface area contributed by atoms with Gasteiger partial charge in [0, 0.05) is 23.8 Å². The molecule has 7 nitrogen and oxygen atoms in total. The maximum Gasteiger partial charge on any atom is 0.143 e. The van der Waals surface area contributed by atoms with Gasteiger partial charge in [0.1, 0.15) is 17.8 Å². The Morgan fingerprint density at radius 2 is 2.19 bits per heavy atom. The van der Waals surface area contributed by atoms with Gasteiger partial charge < -0.3 is 16.0 Å². The first-order valence-electron chi connectivity index (χ1n) is 6.56. The molecule has 0 aliphatic heterocycles. The molecule has 21 heavy (non-hydrogen) atoms. The number of anilines is 2. The van der Waals surface area contributed by atoms with Crippen molar-refractivity contribution in [3.8, 4) is 0 Å². The van der Waals surface area contributed by atoms with Gasteiger partial charge in [-0.3, -0.25) is 5.10 Å². The molecular formula is C14H13N7. The van der Waals surface area contributed by atoms with E-state index in [9.17, 15) is 0 Å². The van der Waals surface area contributed by atoms with Crippen molar-refractivity contribution in [2.75, 3.05) is 5.32 Å². The van der Waals surface area contributed by atoms with Crippen molar-refractivity contribution in [2.24, 2.45) is 5.73 Å². The molecule has 0 saturated carbocycles. The van der Waals surface area contributed by atoms with Crippen LogP contribution in [0.2, 0.25) is 0 Å². The minimum atomic E-state index is 0.442. The first-order chi connectivity index (χ1) is 10.3. The topological polar surface area (TPSA) is 108 Å². The number of fused-ring (bicyclic) bond motifs is 2. The summed E-state index contributed by atoms with van der Waals surface area (Å²) in [7, 11) is 0. The van der Waals surface area contributed by atoms with Gasteiger partial charge in [0.05, 0.1) is 17.1 Å². The molecule has 0 saturated heterocycles. The predicted molar refractivity (Wildman–Crippen MR) is 81.2 cm³/mol. The summed E-state index contributed by atoms with van der Waals surface area (Å²) in [5.74, 6) is 0.757. The first kappa shape index (κ1) is 11.9. The van der Waals surface area contributed by atoms with Gasteiger partial charge in [-0.2, -0.15) is 5.10 Å². The molecule has 0 bridgehead atoms. The molecule has 0 unspecified atom stereocenters. The number of nitrogens with two attached hydrogens (primary N) is 1. The van der Waals surface area contributed by atoms with E-state index in [1.807, 2.05) is 24.4 Å². The Kier molecular flexibility index (Phi) is 2.58. The number of nitrogens with one attached hydrogen (secondary N) is 3. The van der Waals surface area contributed by atoms with Crippen LogP contribution >= 0.6 is 0 Å². The van der Waals surface area contributed by atoms with Crippen molar-refractivity contribution < 1.29 is 0 Å². The number of rotatable bonds is 3. The number of nitrogens with zero attached hydrogens (tertiary/aromatic N) is 3. The largest absolute Gasteiger partial charge is 0.346 e. The van der Waals surface area contributed by atoms with Gasteiger partial charge in [0.25, 0.3) is 0 Å². The van der Waals surface area contributed by atoms with Crippen LogP contribution < -0.4 is 11.1 Å². The minimum absolute atomic E-state index is 0.442. The van der Waals surface area contributed by atoms with E-state index in [1.54, 1.807) is 6.20 Å². The van der Waals surface area contributed by atoms with E-state index in [0.29, 0.717) is 6.54 Å². The lowest BCUT2D eigenvalue weighted by Crippen LogP contribution is -2.00. The van der Waals surface area contributed by atoms with Crippen molar-refractivity contribution >= 4 is 33.4 Å². The SMILES string of the molecule is NCc1cc(Nc2ncnc3[nH]ccc23)cc2cn[nH]c12. The van der Waals surface area contributed by atoms with E-state index >= 15 is 0 Å². The number of hydrogen-bond acceptors (Lipinski definition) is 5. The third-order valence-electron chi connectivity index (χ3n) is 3.47. The van der Waals surface area contributed by atoms with Crippen LogP contribution in [0.25, 0.3) is 21.9 Å². The van der Waals surface area contributed by atoms with Gasteiger partial charge >= 0.3 is 0 Å². The average molecular weight is 279 g/mol. The molecule has 5 N–H and O–H groups in total. The van der Waals surface area contributed by atoms with Crippen LogP contribution in [0.4, 0.5) is 11.5 Å². The minimum Gasteiger partial charge on any atom is -0.346 e. The Morgan fingerprint density at radius 3 is 3.10 bits per heavy atom. The monoisotopic (exact) mass is 279 g/mol. The third-order valence-corrected chi connectivity index (χ3v) is 3.47. The molecule has 4 rings (SSSR count).